The summed E-state index contributed by atoms with van der Waals surface area (Å²) in [6.45, 7) is 2.34. The quantitative estimate of drug-likeness (QED) is 0.430. The number of hydrogen-bond acceptors (Lipinski definition) is 3. The first-order valence-electron chi connectivity index (χ1n) is 9.67. The zero-order valence-corrected chi connectivity index (χ0v) is 16.7. The molecule has 2 aromatic rings. The smallest absolute Gasteiger partial charge is 0.161 e. The first-order chi connectivity index (χ1) is 13.2. The van der Waals surface area contributed by atoms with E-state index in [1.54, 1.807) is 12.7 Å². The Morgan fingerprint density at radius 1 is 1.00 bits per heavy atom. The van der Waals surface area contributed by atoms with Crippen molar-refractivity contribution in [3.8, 4) is 11.5 Å². The molecule has 0 spiro atoms. The molecule has 0 saturated carbocycles. The van der Waals surface area contributed by atoms with Crippen LogP contribution in [0.4, 0.5) is 0 Å². The van der Waals surface area contributed by atoms with Gasteiger partial charge in [0.25, 0.3) is 0 Å². The molecule has 0 aromatic heterocycles. The molecule has 0 unspecified atom stereocenters. The largest absolute Gasteiger partial charge is 0.493 e. The summed E-state index contributed by atoms with van der Waals surface area (Å²) in [5.41, 5.74) is 3.88. The lowest BCUT2D eigenvalue weighted by atomic mass is 9.97. The topological polar surface area (TPSA) is 30.5 Å². The fourth-order valence-corrected chi connectivity index (χ4v) is 3.42. The van der Waals surface area contributed by atoms with E-state index < -0.39 is 0 Å². The van der Waals surface area contributed by atoms with Crippen LogP contribution in [-0.4, -0.2) is 13.7 Å². The lowest BCUT2D eigenvalue weighted by Gasteiger charge is -2.14. The van der Waals surface area contributed by atoms with Gasteiger partial charge in [0.15, 0.2) is 11.5 Å². The van der Waals surface area contributed by atoms with Gasteiger partial charge in [-0.15, -0.1) is 0 Å². The molecule has 0 saturated heterocycles. The number of hydrogen-bond donors (Lipinski definition) is 1. The Balaban J connectivity index is 1.49. The van der Waals surface area contributed by atoms with Crippen molar-refractivity contribution in [3.63, 3.8) is 0 Å². The van der Waals surface area contributed by atoms with E-state index in [1.807, 2.05) is 36.4 Å². The first kappa shape index (κ1) is 19.8. The number of ether oxygens (including phenoxy) is 2. The van der Waals surface area contributed by atoms with Gasteiger partial charge >= 0.3 is 0 Å². The molecule has 0 atom stereocenters. The SMILES string of the molecule is COc1cc(CNCCC2=CCCCC2)ccc1OCc1ccc(Cl)cc1. The Hall–Kier alpha value is -1.97. The Bertz CT molecular complexity index is 755. The van der Waals surface area contributed by atoms with E-state index in [0.29, 0.717) is 6.61 Å². The number of methoxy groups -OCH3 is 1. The van der Waals surface area contributed by atoms with Crippen LogP contribution >= 0.6 is 11.6 Å². The molecule has 3 rings (SSSR count). The molecular formula is C23H28ClNO2. The molecule has 1 aliphatic carbocycles. The third kappa shape index (κ3) is 6.30. The Kier molecular flexibility index (Phi) is 7.61. The summed E-state index contributed by atoms with van der Waals surface area (Å²) in [7, 11) is 1.68. The number of halogens is 1. The monoisotopic (exact) mass is 385 g/mol. The van der Waals surface area contributed by atoms with Crippen LogP contribution in [-0.2, 0) is 13.2 Å². The highest BCUT2D eigenvalue weighted by molar-refractivity contribution is 6.30. The van der Waals surface area contributed by atoms with Gasteiger partial charge in [0.1, 0.15) is 6.61 Å². The van der Waals surface area contributed by atoms with Gasteiger partial charge in [0.2, 0.25) is 0 Å². The molecule has 27 heavy (non-hydrogen) atoms. The highest BCUT2D eigenvalue weighted by Gasteiger charge is 2.07. The number of allylic oxidation sites excluding steroid dienone is 1. The van der Waals surface area contributed by atoms with Gasteiger partial charge in [-0.25, -0.2) is 0 Å². The molecule has 1 aliphatic rings. The minimum Gasteiger partial charge on any atom is -0.493 e. The van der Waals surface area contributed by atoms with Crippen molar-refractivity contribution in [3.05, 3.63) is 70.3 Å². The summed E-state index contributed by atoms with van der Waals surface area (Å²) in [6.07, 6.45) is 8.79. The molecular weight excluding hydrogens is 358 g/mol. The summed E-state index contributed by atoms with van der Waals surface area (Å²) in [4.78, 5) is 0. The maximum Gasteiger partial charge on any atom is 0.161 e. The predicted molar refractivity (Wildman–Crippen MR) is 112 cm³/mol. The molecule has 2 aromatic carbocycles. The standard InChI is InChI=1S/C23H28ClNO2/c1-26-23-15-20(16-25-14-13-18-5-3-2-4-6-18)9-12-22(23)27-17-19-7-10-21(24)11-8-19/h5,7-12,15,25H,2-4,6,13-14,16-17H2,1H3. The molecule has 0 fully saturated rings. The van der Waals surface area contributed by atoms with Gasteiger partial charge in [-0.2, -0.15) is 0 Å². The van der Waals surface area contributed by atoms with Crippen molar-refractivity contribution in [1.82, 2.24) is 5.32 Å². The van der Waals surface area contributed by atoms with Gasteiger partial charge in [0.05, 0.1) is 7.11 Å². The van der Waals surface area contributed by atoms with E-state index in [4.69, 9.17) is 21.1 Å². The maximum atomic E-state index is 5.92. The summed E-state index contributed by atoms with van der Waals surface area (Å²) >= 11 is 5.92. The zero-order valence-electron chi connectivity index (χ0n) is 16.0. The molecule has 0 aliphatic heterocycles. The highest BCUT2D eigenvalue weighted by atomic mass is 35.5. The summed E-state index contributed by atoms with van der Waals surface area (Å²) < 4.78 is 11.4. The third-order valence-corrected chi connectivity index (χ3v) is 5.12. The molecule has 4 heteroatoms. The maximum absolute atomic E-state index is 5.92. The van der Waals surface area contributed by atoms with Gasteiger partial charge in [-0.05, 0) is 74.0 Å². The average molecular weight is 386 g/mol. The fraction of sp³-hybridized carbons (Fsp3) is 0.391. The van der Waals surface area contributed by atoms with Crippen LogP contribution in [0.25, 0.3) is 0 Å². The summed E-state index contributed by atoms with van der Waals surface area (Å²) in [5.74, 6) is 1.52. The van der Waals surface area contributed by atoms with Crippen molar-refractivity contribution < 1.29 is 9.47 Å². The number of rotatable bonds is 9. The molecule has 1 N–H and O–H groups in total. The minimum atomic E-state index is 0.486. The Labute approximate surface area is 167 Å². The molecule has 0 bridgehead atoms. The summed E-state index contributed by atoms with van der Waals surface area (Å²) in [6, 6.07) is 13.8. The van der Waals surface area contributed by atoms with Crippen molar-refractivity contribution in [2.24, 2.45) is 0 Å². The second kappa shape index (κ2) is 10.4. The van der Waals surface area contributed by atoms with E-state index in [2.05, 4.69) is 17.5 Å². The second-order valence-corrected chi connectivity index (χ2v) is 7.37. The molecule has 0 radical (unpaired) electrons. The van der Waals surface area contributed by atoms with Crippen LogP contribution in [0.5, 0.6) is 11.5 Å². The van der Waals surface area contributed by atoms with Crippen LogP contribution in [0.15, 0.2) is 54.1 Å². The number of benzene rings is 2. The van der Waals surface area contributed by atoms with E-state index in [1.165, 1.54) is 31.2 Å². The van der Waals surface area contributed by atoms with Crippen LogP contribution in [0, 0.1) is 0 Å². The van der Waals surface area contributed by atoms with Crippen LogP contribution in [0.2, 0.25) is 5.02 Å². The molecule has 0 heterocycles. The zero-order chi connectivity index (χ0) is 18.9. The summed E-state index contributed by atoms with van der Waals surface area (Å²) in [5, 5.41) is 4.26. The van der Waals surface area contributed by atoms with Crippen LogP contribution < -0.4 is 14.8 Å². The van der Waals surface area contributed by atoms with Crippen molar-refractivity contribution in [2.45, 2.75) is 45.3 Å². The van der Waals surface area contributed by atoms with Crippen LogP contribution in [0.1, 0.15) is 43.2 Å². The second-order valence-electron chi connectivity index (χ2n) is 6.94. The van der Waals surface area contributed by atoms with E-state index >= 15 is 0 Å². The van der Waals surface area contributed by atoms with Gasteiger partial charge in [0, 0.05) is 11.6 Å². The minimum absolute atomic E-state index is 0.486. The van der Waals surface area contributed by atoms with Crippen LogP contribution in [0.3, 0.4) is 0 Å². The van der Waals surface area contributed by atoms with Gasteiger partial charge < -0.3 is 14.8 Å². The lowest BCUT2D eigenvalue weighted by molar-refractivity contribution is 0.284. The fourth-order valence-electron chi connectivity index (χ4n) is 3.30. The predicted octanol–water partition coefficient (Wildman–Crippen LogP) is 5.91. The molecule has 3 nitrogen and oxygen atoms in total. The molecule has 144 valence electrons. The van der Waals surface area contributed by atoms with Crippen molar-refractivity contribution >= 4 is 11.6 Å². The Morgan fingerprint density at radius 3 is 2.56 bits per heavy atom. The van der Waals surface area contributed by atoms with Gasteiger partial charge in [-0.1, -0.05) is 41.4 Å². The van der Waals surface area contributed by atoms with Gasteiger partial charge in [-0.3, -0.25) is 0 Å². The number of nitrogens with one attached hydrogen (secondary N) is 1. The van der Waals surface area contributed by atoms with Crippen molar-refractivity contribution in [2.75, 3.05) is 13.7 Å². The van der Waals surface area contributed by atoms with E-state index in [9.17, 15) is 0 Å². The first-order valence-corrected chi connectivity index (χ1v) is 10.0. The normalized spacial score (nSPS) is 13.9. The average Bonchev–Trinajstić information content (AvgIpc) is 2.72. The third-order valence-electron chi connectivity index (χ3n) is 4.87. The van der Waals surface area contributed by atoms with E-state index in [-0.39, 0.29) is 0 Å². The van der Waals surface area contributed by atoms with Crippen molar-refractivity contribution in [1.29, 1.82) is 0 Å². The highest BCUT2D eigenvalue weighted by Crippen LogP contribution is 2.29. The lowest BCUT2D eigenvalue weighted by Crippen LogP contribution is -2.15. The van der Waals surface area contributed by atoms with E-state index in [0.717, 1.165) is 41.6 Å². The Morgan fingerprint density at radius 2 is 1.81 bits per heavy atom. The molecule has 0 amide bonds.